The predicted octanol–water partition coefficient (Wildman–Crippen LogP) is 1.62. The summed E-state index contributed by atoms with van der Waals surface area (Å²) in [4.78, 5) is 0. The Morgan fingerprint density at radius 3 is 1.80 bits per heavy atom. The van der Waals surface area contributed by atoms with Crippen molar-refractivity contribution in [2.75, 3.05) is 0 Å². The fourth-order valence-corrected chi connectivity index (χ4v) is 0. The van der Waals surface area contributed by atoms with Crippen molar-refractivity contribution in [3.8, 4) is 0 Å². The van der Waals surface area contributed by atoms with Gasteiger partial charge in [-0.3, -0.25) is 0 Å². The van der Waals surface area contributed by atoms with E-state index in [1.165, 1.54) is 6.42 Å². The molecule has 0 aliphatic carbocycles. The van der Waals surface area contributed by atoms with E-state index in [0.29, 0.717) is 0 Å². The minimum absolute atomic E-state index is 0. The van der Waals surface area contributed by atoms with Crippen LogP contribution in [0, 0.1) is 6.92 Å². The average molecular weight is 123 g/mol. The summed E-state index contributed by atoms with van der Waals surface area (Å²) in [6, 6.07) is 0. The van der Waals surface area contributed by atoms with Gasteiger partial charge >= 0.3 is 0 Å². The van der Waals surface area contributed by atoms with Gasteiger partial charge in [0.25, 0.3) is 0 Å². The molecule has 0 atom stereocenters. The van der Waals surface area contributed by atoms with Crippen LogP contribution in [-0.4, -0.2) is 0 Å². The van der Waals surface area contributed by atoms with Gasteiger partial charge in [0, 0.05) is 19.5 Å². The van der Waals surface area contributed by atoms with Crippen molar-refractivity contribution < 1.29 is 19.5 Å². The zero-order valence-electron chi connectivity index (χ0n) is 3.83. The van der Waals surface area contributed by atoms with Gasteiger partial charge < -0.3 is 6.92 Å². The van der Waals surface area contributed by atoms with Crippen LogP contribution in [-0.2, 0) is 19.5 Å². The SMILES string of the molecule is [CH2-]CCC.[Zn]. The Morgan fingerprint density at radius 2 is 1.80 bits per heavy atom. The van der Waals surface area contributed by atoms with Crippen LogP contribution < -0.4 is 0 Å². The maximum Gasteiger partial charge on any atom is 0 e. The van der Waals surface area contributed by atoms with Crippen LogP contribution in [0.3, 0.4) is 0 Å². The Labute approximate surface area is 46.7 Å². The smallest absolute Gasteiger partial charge is 0 e. The molecule has 0 heterocycles. The topological polar surface area (TPSA) is 0 Å². The molecule has 28 valence electrons. The molecule has 0 N–H and O–H groups in total. The molecule has 0 aliphatic heterocycles. The van der Waals surface area contributed by atoms with Crippen molar-refractivity contribution in [2.45, 2.75) is 19.8 Å². The van der Waals surface area contributed by atoms with E-state index in [0.717, 1.165) is 6.42 Å². The van der Waals surface area contributed by atoms with E-state index in [-0.39, 0.29) is 19.5 Å². The van der Waals surface area contributed by atoms with Crippen LogP contribution in [0.2, 0.25) is 0 Å². The van der Waals surface area contributed by atoms with Gasteiger partial charge in [-0.1, -0.05) is 13.3 Å². The van der Waals surface area contributed by atoms with Gasteiger partial charge in [0.2, 0.25) is 0 Å². The molecule has 0 aromatic rings. The first-order chi connectivity index (χ1) is 1.91. The molecular formula is C4H9Zn-. The summed E-state index contributed by atoms with van der Waals surface area (Å²) in [5.41, 5.74) is 0. The minimum atomic E-state index is 0. The van der Waals surface area contributed by atoms with Gasteiger partial charge in [-0.25, -0.2) is 0 Å². The summed E-state index contributed by atoms with van der Waals surface area (Å²) in [6.07, 6.45) is 2.28. The Kier molecular flexibility index (Phi) is 16.2. The van der Waals surface area contributed by atoms with Crippen molar-refractivity contribution in [1.82, 2.24) is 0 Å². The third-order valence-electron chi connectivity index (χ3n) is 0.354. The van der Waals surface area contributed by atoms with Crippen molar-refractivity contribution in [1.29, 1.82) is 0 Å². The molecule has 0 spiro atoms. The summed E-state index contributed by atoms with van der Waals surface area (Å²) in [6.45, 7) is 5.72. The number of hydrogen-bond acceptors (Lipinski definition) is 0. The van der Waals surface area contributed by atoms with Crippen molar-refractivity contribution in [2.24, 2.45) is 0 Å². The van der Waals surface area contributed by atoms with Crippen LogP contribution in [0.1, 0.15) is 19.8 Å². The largest absolute Gasteiger partial charge is 0.343 e. The number of hydrogen-bond donors (Lipinski definition) is 0. The van der Waals surface area contributed by atoms with Gasteiger partial charge in [0.05, 0.1) is 0 Å². The van der Waals surface area contributed by atoms with E-state index in [1.807, 2.05) is 0 Å². The zero-order valence-corrected chi connectivity index (χ0v) is 6.80. The fraction of sp³-hybridized carbons (Fsp3) is 0.750. The third kappa shape index (κ3) is 12.1. The van der Waals surface area contributed by atoms with Crippen LogP contribution in [0.15, 0.2) is 0 Å². The number of unbranched alkanes of at least 4 members (excludes halogenated alkanes) is 1. The Morgan fingerprint density at radius 1 is 1.60 bits per heavy atom. The third-order valence-corrected chi connectivity index (χ3v) is 0.354. The molecular weight excluding hydrogens is 113 g/mol. The molecule has 0 radical (unpaired) electrons. The molecule has 0 aromatic carbocycles. The predicted molar refractivity (Wildman–Crippen MR) is 20.3 cm³/mol. The summed E-state index contributed by atoms with van der Waals surface area (Å²) < 4.78 is 0. The van der Waals surface area contributed by atoms with Crippen molar-refractivity contribution in [3.05, 3.63) is 6.92 Å². The molecule has 0 aromatic heterocycles. The molecule has 1 heteroatoms. The van der Waals surface area contributed by atoms with Crippen molar-refractivity contribution in [3.63, 3.8) is 0 Å². The van der Waals surface area contributed by atoms with Gasteiger partial charge in [-0.05, 0) is 0 Å². The zero-order chi connectivity index (χ0) is 3.41. The van der Waals surface area contributed by atoms with E-state index < -0.39 is 0 Å². The summed E-state index contributed by atoms with van der Waals surface area (Å²) in [5, 5.41) is 0. The molecule has 0 aliphatic rings. The molecule has 0 rings (SSSR count). The molecule has 0 bridgehead atoms. The van der Waals surface area contributed by atoms with Crippen LogP contribution in [0.5, 0.6) is 0 Å². The van der Waals surface area contributed by atoms with Gasteiger partial charge in [0.15, 0.2) is 0 Å². The number of rotatable bonds is 1. The minimum Gasteiger partial charge on any atom is -0.343 e. The molecule has 0 fully saturated rings. The van der Waals surface area contributed by atoms with E-state index >= 15 is 0 Å². The normalized spacial score (nSPS) is 6.00. The first kappa shape index (κ1) is 9.16. The van der Waals surface area contributed by atoms with E-state index in [2.05, 4.69) is 13.8 Å². The van der Waals surface area contributed by atoms with E-state index in [1.54, 1.807) is 0 Å². The Hall–Kier alpha value is 0.623. The standard InChI is InChI=1S/C4H9.Zn/c1-3-4-2;/h1,3-4H2,2H3;/q-1;. The second-order valence-electron chi connectivity index (χ2n) is 0.854. The summed E-state index contributed by atoms with van der Waals surface area (Å²) in [5.74, 6) is 0. The summed E-state index contributed by atoms with van der Waals surface area (Å²) >= 11 is 0. The maximum absolute atomic E-state index is 3.60. The van der Waals surface area contributed by atoms with E-state index in [9.17, 15) is 0 Å². The first-order valence-electron chi connectivity index (χ1n) is 1.71. The fourth-order valence-electron chi connectivity index (χ4n) is 0. The molecule has 0 saturated heterocycles. The van der Waals surface area contributed by atoms with Gasteiger partial charge in [-0.15, -0.1) is 0 Å². The molecule has 0 saturated carbocycles. The molecule has 0 amide bonds. The molecule has 0 unspecified atom stereocenters. The van der Waals surface area contributed by atoms with Gasteiger partial charge in [-0.2, -0.15) is 6.42 Å². The Balaban J connectivity index is 0. The average Bonchev–Trinajstić information content (AvgIpc) is 1.37. The molecule has 0 nitrogen and oxygen atoms in total. The van der Waals surface area contributed by atoms with Crippen LogP contribution in [0.4, 0.5) is 0 Å². The monoisotopic (exact) mass is 121 g/mol. The van der Waals surface area contributed by atoms with Crippen LogP contribution >= 0.6 is 0 Å². The quantitative estimate of drug-likeness (QED) is 0.366. The van der Waals surface area contributed by atoms with Gasteiger partial charge in [0.1, 0.15) is 0 Å². The molecule has 5 heavy (non-hydrogen) atoms. The van der Waals surface area contributed by atoms with Crippen molar-refractivity contribution >= 4 is 0 Å². The second kappa shape index (κ2) is 8.82. The van der Waals surface area contributed by atoms with E-state index in [4.69, 9.17) is 0 Å². The maximum atomic E-state index is 3.60. The van der Waals surface area contributed by atoms with Crippen LogP contribution in [0.25, 0.3) is 0 Å². The summed E-state index contributed by atoms with van der Waals surface area (Å²) in [7, 11) is 0. The second-order valence-corrected chi connectivity index (χ2v) is 0.854. The Bertz CT molecular complexity index is 5.61. The first-order valence-corrected chi connectivity index (χ1v) is 1.71.